The molecule has 1 fully saturated rings. The highest BCUT2D eigenvalue weighted by molar-refractivity contribution is 7.92. The minimum Gasteiger partial charge on any atom is -0.354 e. The van der Waals surface area contributed by atoms with Crippen molar-refractivity contribution in [1.29, 1.82) is 0 Å². The van der Waals surface area contributed by atoms with Crippen LogP contribution in [0, 0.1) is 20.8 Å². The number of benzene rings is 2. The number of piperazine rings is 1. The van der Waals surface area contributed by atoms with Gasteiger partial charge in [0.1, 0.15) is 6.54 Å². The van der Waals surface area contributed by atoms with Crippen LogP contribution >= 0.6 is 0 Å². The summed E-state index contributed by atoms with van der Waals surface area (Å²) in [6, 6.07) is 12.2. The molecule has 2 aromatic rings. The van der Waals surface area contributed by atoms with Gasteiger partial charge >= 0.3 is 0 Å². The van der Waals surface area contributed by atoms with Crippen LogP contribution in [0.3, 0.4) is 0 Å². The molecular formula is C25H36N4O3S. The molecule has 1 saturated heterocycles. The van der Waals surface area contributed by atoms with Crippen LogP contribution in [-0.4, -0.2) is 77.0 Å². The Morgan fingerprint density at radius 3 is 2.33 bits per heavy atom. The molecule has 7 nitrogen and oxygen atoms in total. The van der Waals surface area contributed by atoms with Crippen molar-refractivity contribution in [3.63, 3.8) is 0 Å². The van der Waals surface area contributed by atoms with Gasteiger partial charge in [0.25, 0.3) is 10.0 Å². The number of sulfonamides is 1. The monoisotopic (exact) mass is 472 g/mol. The first-order valence-electron chi connectivity index (χ1n) is 11.5. The van der Waals surface area contributed by atoms with Crippen LogP contribution in [-0.2, 0) is 14.8 Å². The van der Waals surface area contributed by atoms with E-state index in [1.165, 1.54) is 4.31 Å². The van der Waals surface area contributed by atoms with E-state index in [-0.39, 0.29) is 17.3 Å². The Morgan fingerprint density at radius 2 is 1.67 bits per heavy atom. The summed E-state index contributed by atoms with van der Waals surface area (Å²) in [7, 11) is -1.77. The van der Waals surface area contributed by atoms with Gasteiger partial charge in [-0.15, -0.1) is 0 Å². The molecule has 0 unspecified atom stereocenters. The minimum atomic E-state index is -3.90. The van der Waals surface area contributed by atoms with Crippen LogP contribution in [0.2, 0.25) is 0 Å². The molecule has 0 atom stereocenters. The first-order valence-corrected chi connectivity index (χ1v) is 13.0. The van der Waals surface area contributed by atoms with Gasteiger partial charge in [0.15, 0.2) is 0 Å². The molecule has 1 amide bonds. The van der Waals surface area contributed by atoms with Crippen molar-refractivity contribution < 1.29 is 13.2 Å². The molecule has 0 radical (unpaired) electrons. The average molecular weight is 473 g/mol. The highest BCUT2D eigenvalue weighted by Crippen LogP contribution is 2.28. The van der Waals surface area contributed by atoms with Crippen molar-refractivity contribution in [2.24, 2.45) is 0 Å². The van der Waals surface area contributed by atoms with Crippen LogP contribution < -0.4 is 9.62 Å². The fourth-order valence-corrected chi connectivity index (χ4v) is 5.41. The largest absolute Gasteiger partial charge is 0.354 e. The van der Waals surface area contributed by atoms with Gasteiger partial charge in [0.05, 0.1) is 10.6 Å². The third kappa shape index (κ3) is 6.56. The Labute approximate surface area is 198 Å². The fourth-order valence-electron chi connectivity index (χ4n) is 3.93. The highest BCUT2D eigenvalue weighted by atomic mass is 32.2. The van der Waals surface area contributed by atoms with Gasteiger partial charge in [-0.25, -0.2) is 8.42 Å². The van der Waals surface area contributed by atoms with E-state index in [4.69, 9.17) is 0 Å². The van der Waals surface area contributed by atoms with Crippen molar-refractivity contribution in [3.8, 4) is 0 Å². The van der Waals surface area contributed by atoms with E-state index in [0.29, 0.717) is 12.2 Å². The molecule has 1 aliphatic rings. The van der Waals surface area contributed by atoms with Gasteiger partial charge in [-0.3, -0.25) is 9.10 Å². The Balaban J connectivity index is 1.70. The van der Waals surface area contributed by atoms with Crippen LogP contribution in [0.5, 0.6) is 0 Å². The third-order valence-corrected chi connectivity index (χ3v) is 8.08. The second kappa shape index (κ2) is 11.1. The Hall–Kier alpha value is -2.42. The number of anilines is 1. The van der Waals surface area contributed by atoms with Crippen molar-refractivity contribution in [1.82, 2.24) is 15.1 Å². The first-order chi connectivity index (χ1) is 15.7. The molecule has 33 heavy (non-hydrogen) atoms. The predicted molar refractivity (Wildman–Crippen MR) is 133 cm³/mol. The van der Waals surface area contributed by atoms with Gasteiger partial charge in [0.2, 0.25) is 5.91 Å². The minimum absolute atomic E-state index is 0.178. The van der Waals surface area contributed by atoms with Gasteiger partial charge in [-0.2, -0.15) is 0 Å². The van der Waals surface area contributed by atoms with Crippen LogP contribution in [0.1, 0.15) is 23.1 Å². The second-order valence-corrected chi connectivity index (χ2v) is 10.8. The Bertz CT molecular complexity index is 1050. The smallest absolute Gasteiger partial charge is 0.264 e. The second-order valence-electron chi connectivity index (χ2n) is 8.89. The number of carbonyl (C=O) groups excluding carboxylic acids is 1. The maximum Gasteiger partial charge on any atom is 0.264 e. The van der Waals surface area contributed by atoms with E-state index in [0.717, 1.165) is 55.8 Å². The molecule has 3 rings (SSSR count). The quantitative estimate of drug-likeness (QED) is 0.568. The van der Waals surface area contributed by atoms with Crippen LogP contribution in [0.25, 0.3) is 0 Å². The molecule has 0 aromatic heterocycles. The predicted octanol–water partition coefficient (Wildman–Crippen LogP) is 2.56. The number of amides is 1. The van der Waals surface area contributed by atoms with Crippen molar-refractivity contribution in [2.45, 2.75) is 32.1 Å². The summed E-state index contributed by atoms with van der Waals surface area (Å²) >= 11 is 0. The standard InChI is InChI=1S/C25H36N4O3S/c1-20-9-11-23(12-10-20)33(31,32)29(24-8-5-7-21(2)22(24)3)19-25(30)26-13-6-14-28-17-15-27(4)16-18-28/h5,7-12H,6,13-19H2,1-4H3,(H,26,30). The van der Waals surface area contributed by atoms with Crippen LogP contribution in [0.15, 0.2) is 47.4 Å². The summed E-state index contributed by atoms with van der Waals surface area (Å²) in [6.07, 6.45) is 0.837. The van der Waals surface area contributed by atoms with E-state index >= 15 is 0 Å². The molecule has 0 spiro atoms. The summed E-state index contributed by atoms with van der Waals surface area (Å²) < 4.78 is 28.3. The molecule has 8 heteroatoms. The Kier molecular flexibility index (Phi) is 8.51. The normalized spacial score (nSPS) is 15.4. The van der Waals surface area contributed by atoms with E-state index in [1.807, 2.05) is 32.9 Å². The van der Waals surface area contributed by atoms with Crippen molar-refractivity contribution in [2.75, 3.05) is 57.2 Å². The number of rotatable bonds is 9. The number of hydrogen-bond donors (Lipinski definition) is 1. The zero-order valence-electron chi connectivity index (χ0n) is 20.2. The third-order valence-electron chi connectivity index (χ3n) is 6.31. The number of likely N-dealkylation sites (N-methyl/N-ethyl adjacent to an activating group) is 1. The van der Waals surface area contributed by atoms with Crippen molar-refractivity contribution in [3.05, 3.63) is 59.2 Å². The number of hydrogen-bond acceptors (Lipinski definition) is 5. The lowest BCUT2D eigenvalue weighted by molar-refractivity contribution is -0.119. The molecule has 0 bridgehead atoms. The maximum atomic E-state index is 13.5. The highest BCUT2D eigenvalue weighted by Gasteiger charge is 2.28. The topological polar surface area (TPSA) is 73.0 Å². The lowest BCUT2D eigenvalue weighted by atomic mass is 10.1. The van der Waals surface area contributed by atoms with Gasteiger partial charge in [0, 0.05) is 32.7 Å². The average Bonchev–Trinajstić information content (AvgIpc) is 2.78. The summed E-state index contributed by atoms with van der Waals surface area (Å²) in [6.45, 7) is 11.1. The van der Waals surface area contributed by atoms with E-state index < -0.39 is 10.0 Å². The van der Waals surface area contributed by atoms with Gasteiger partial charge in [-0.1, -0.05) is 29.8 Å². The molecule has 0 aliphatic carbocycles. The molecule has 1 heterocycles. The lowest BCUT2D eigenvalue weighted by Crippen LogP contribution is -2.45. The summed E-state index contributed by atoms with van der Waals surface area (Å²) in [5.74, 6) is -0.301. The number of nitrogens with zero attached hydrogens (tertiary/aromatic N) is 3. The van der Waals surface area contributed by atoms with Crippen molar-refractivity contribution >= 4 is 21.6 Å². The lowest BCUT2D eigenvalue weighted by Gasteiger charge is -2.32. The maximum absolute atomic E-state index is 13.5. The molecule has 1 aliphatic heterocycles. The fraction of sp³-hybridized carbons (Fsp3) is 0.480. The molecule has 0 saturated carbocycles. The van der Waals surface area contributed by atoms with E-state index in [9.17, 15) is 13.2 Å². The zero-order chi connectivity index (χ0) is 24.0. The molecule has 1 N–H and O–H groups in total. The summed E-state index contributed by atoms with van der Waals surface area (Å²) in [4.78, 5) is 17.7. The first kappa shape index (κ1) is 25.2. The van der Waals surface area contributed by atoms with Gasteiger partial charge in [-0.05, 0) is 70.1 Å². The molecular weight excluding hydrogens is 436 g/mol. The molecule has 2 aromatic carbocycles. The number of carbonyl (C=O) groups is 1. The summed E-state index contributed by atoms with van der Waals surface area (Å²) in [5.41, 5.74) is 3.33. The SMILES string of the molecule is Cc1ccc(S(=O)(=O)N(CC(=O)NCCCN2CCN(C)CC2)c2cccc(C)c2C)cc1. The van der Waals surface area contributed by atoms with E-state index in [1.54, 1.807) is 30.3 Å². The summed E-state index contributed by atoms with van der Waals surface area (Å²) in [5, 5.41) is 2.92. The van der Waals surface area contributed by atoms with Crippen LogP contribution in [0.4, 0.5) is 5.69 Å². The molecule has 180 valence electrons. The number of nitrogens with one attached hydrogen (secondary N) is 1. The number of aryl methyl sites for hydroxylation is 2. The zero-order valence-corrected chi connectivity index (χ0v) is 21.0. The van der Waals surface area contributed by atoms with E-state index in [2.05, 4.69) is 22.2 Å². The van der Waals surface area contributed by atoms with Gasteiger partial charge < -0.3 is 15.1 Å². The Morgan fingerprint density at radius 1 is 1.00 bits per heavy atom.